The third-order valence-electron chi connectivity index (χ3n) is 3.10. The Morgan fingerprint density at radius 1 is 1.50 bits per heavy atom. The summed E-state index contributed by atoms with van der Waals surface area (Å²) in [5.41, 5.74) is 2.58. The summed E-state index contributed by atoms with van der Waals surface area (Å²) in [7, 11) is 0. The number of hydrogen-bond donors (Lipinski definition) is 0. The number of allylic oxidation sites excluding steroid dienone is 1. The van der Waals surface area contributed by atoms with E-state index in [0.29, 0.717) is 13.0 Å². The maximum Gasteiger partial charge on any atom is 0.332 e. The Hall–Kier alpha value is -1.84. The van der Waals surface area contributed by atoms with Crippen molar-refractivity contribution in [1.29, 1.82) is 0 Å². The molecule has 0 spiro atoms. The fourth-order valence-corrected chi connectivity index (χ4v) is 2.28. The van der Waals surface area contributed by atoms with Gasteiger partial charge in [-0.3, -0.25) is 4.79 Å². The first-order valence-electron chi connectivity index (χ1n) is 6.22. The van der Waals surface area contributed by atoms with Crippen LogP contribution >= 0.6 is 0 Å². The van der Waals surface area contributed by atoms with Gasteiger partial charge in [0.05, 0.1) is 6.61 Å². The molecule has 0 aromatic carbocycles. The highest BCUT2D eigenvalue weighted by atomic mass is 16.5. The van der Waals surface area contributed by atoms with Crippen molar-refractivity contribution in [3.8, 4) is 0 Å². The molecule has 0 bridgehead atoms. The average Bonchev–Trinajstić information content (AvgIpc) is 2.74. The Labute approximate surface area is 106 Å². The monoisotopic (exact) mass is 247 g/mol. The van der Waals surface area contributed by atoms with Crippen LogP contribution in [0.5, 0.6) is 0 Å². The van der Waals surface area contributed by atoms with Gasteiger partial charge in [0.1, 0.15) is 0 Å². The van der Waals surface area contributed by atoms with Gasteiger partial charge in [-0.05, 0) is 32.8 Å². The van der Waals surface area contributed by atoms with Crippen LogP contribution in [0.25, 0.3) is 5.70 Å². The second-order valence-electron chi connectivity index (χ2n) is 4.36. The molecule has 0 saturated carbocycles. The first-order valence-corrected chi connectivity index (χ1v) is 6.22. The molecule has 1 heterocycles. The van der Waals surface area contributed by atoms with E-state index in [1.807, 2.05) is 23.8 Å². The van der Waals surface area contributed by atoms with Crippen molar-refractivity contribution in [2.45, 2.75) is 33.1 Å². The van der Waals surface area contributed by atoms with Crippen LogP contribution in [0.4, 0.5) is 0 Å². The molecular weight excluding hydrogens is 230 g/mol. The predicted molar refractivity (Wildman–Crippen MR) is 68.3 cm³/mol. The summed E-state index contributed by atoms with van der Waals surface area (Å²) in [5.74, 6) is -0.154. The second-order valence-corrected chi connectivity index (χ2v) is 4.36. The van der Waals surface area contributed by atoms with Crippen LogP contribution < -0.4 is 0 Å². The summed E-state index contributed by atoms with van der Waals surface area (Å²) in [6.07, 6.45) is 5.68. The lowest BCUT2D eigenvalue weighted by Gasteiger charge is -2.15. The molecule has 0 atom stereocenters. The van der Waals surface area contributed by atoms with Crippen LogP contribution in [0, 0.1) is 0 Å². The van der Waals surface area contributed by atoms with Gasteiger partial charge in [-0.25, -0.2) is 4.79 Å². The number of carbonyl (C=O) groups excluding carboxylic acids is 2. The molecule has 2 rings (SSSR count). The normalized spacial score (nSPS) is 15.4. The number of ether oxygens (including phenoxy) is 1. The third-order valence-corrected chi connectivity index (χ3v) is 3.10. The van der Waals surface area contributed by atoms with Crippen LogP contribution in [0.15, 0.2) is 18.3 Å². The molecule has 96 valence electrons. The van der Waals surface area contributed by atoms with Crippen molar-refractivity contribution in [2.75, 3.05) is 6.61 Å². The summed E-state index contributed by atoms with van der Waals surface area (Å²) in [4.78, 5) is 23.1. The zero-order valence-electron chi connectivity index (χ0n) is 10.7. The van der Waals surface area contributed by atoms with Crippen molar-refractivity contribution in [3.63, 3.8) is 0 Å². The van der Waals surface area contributed by atoms with E-state index < -0.39 is 0 Å². The quantitative estimate of drug-likeness (QED) is 0.609. The van der Waals surface area contributed by atoms with Gasteiger partial charge in [-0.1, -0.05) is 0 Å². The number of esters is 1. The summed E-state index contributed by atoms with van der Waals surface area (Å²) in [5, 5.41) is 0. The summed E-state index contributed by atoms with van der Waals surface area (Å²) in [6, 6.07) is 1.83. The van der Waals surface area contributed by atoms with Gasteiger partial charge in [-0.15, -0.1) is 0 Å². The first kappa shape index (κ1) is 12.6. The number of Topliss-reactive ketones (excluding diaryl/α,β-unsaturated/α-hetero) is 1. The first-order chi connectivity index (χ1) is 8.63. The summed E-state index contributed by atoms with van der Waals surface area (Å²) >= 11 is 0. The SMILES string of the molecule is CCOC(=O)/C=C(\C)n1ccc2c1CCCC2=O. The zero-order chi connectivity index (χ0) is 13.1. The second kappa shape index (κ2) is 5.21. The smallest absolute Gasteiger partial charge is 0.332 e. The lowest BCUT2D eigenvalue weighted by molar-refractivity contribution is -0.137. The van der Waals surface area contributed by atoms with E-state index in [9.17, 15) is 9.59 Å². The van der Waals surface area contributed by atoms with E-state index in [1.165, 1.54) is 6.08 Å². The van der Waals surface area contributed by atoms with Crippen LogP contribution in [-0.4, -0.2) is 22.9 Å². The third kappa shape index (κ3) is 2.37. The van der Waals surface area contributed by atoms with Crippen molar-refractivity contribution < 1.29 is 14.3 Å². The van der Waals surface area contributed by atoms with E-state index in [2.05, 4.69) is 0 Å². The topological polar surface area (TPSA) is 48.3 Å². The maximum atomic E-state index is 11.7. The highest BCUT2D eigenvalue weighted by molar-refractivity contribution is 5.98. The van der Waals surface area contributed by atoms with Gasteiger partial charge in [0.2, 0.25) is 0 Å². The number of aromatic nitrogens is 1. The van der Waals surface area contributed by atoms with E-state index in [0.717, 1.165) is 29.8 Å². The Morgan fingerprint density at radius 2 is 2.28 bits per heavy atom. The van der Waals surface area contributed by atoms with Gasteiger partial charge < -0.3 is 9.30 Å². The molecule has 1 aromatic rings. The molecule has 0 saturated heterocycles. The molecule has 0 fully saturated rings. The molecule has 0 amide bonds. The minimum atomic E-state index is -0.348. The molecule has 4 nitrogen and oxygen atoms in total. The van der Waals surface area contributed by atoms with Gasteiger partial charge >= 0.3 is 5.97 Å². The molecule has 1 aromatic heterocycles. The molecule has 0 radical (unpaired) electrons. The minimum absolute atomic E-state index is 0.193. The Kier molecular flexibility index (Phi) is 3.65. The van der Waals surface area contributed by atoms with Gasteiger partial charge in [0.15, 0.2) is 5.78 Å². The number of fused-ring (bicyclic) bond motifs is 1. The average molecular weight is 247 g/mol. The fraction of sp³-hybridized carbons (Fsp3) is 0.429. The number of rotatable bonds is 3. The standard InChI is InChI=1S/C14H17NO3/c1-3-18-14(17)9-10(2)15-8-7-11-12(15)5-4-6-13(11)16/h7-9H,3-6H2,1-2H3/b10-9+. The Bertz CT molecular complexity index is 511. The van der Waals surface area contributed by atoms with Crippen molar-refractivity contribution in [2.24, 2.45) is 0 Å². The van der Waals surface area contributed by atoms with Crippen LogP contribution in [0.3, 0.4) is 0 Å². The molecular formula is C14H17NO3. The molecule has 1 aliphatic carbocycles. The van der Waals surface area contributed by atoms with Crippen molar-refractivity contribution in [1.82, 2.24) is 4.57 Å². The molecule has 0 unspecified atom stereocenters. The van der Waals surface area contributed by atoms with Crippen molar-refractivity contribution >= 4 is 17.4 Å². The van der Waals surface area contributed by atoms with Crippen LogP contribution in [0.1, 0.15) is 42.7 Å². The molecule has 18 heavy (non-hydrogen) atoms. The van der Waals surface area contributed by atoms with Gasteiger partial charge in [-0.2, -0.15) is 0 Å². The van der Waals surface area contributed by atoms with Crippen LogP contribution in [-0.2, 0) is 16.0 Å². The highest BCUT2D eigenvalue weighted by Crippen LogP contribution is 2.24. The van der Waals surface area contributed by atoms with Gasteiger partial charge in [0.25, 0.3) is 0 Å². The van der Waals surface area contributed by atoms with Crippen LogP contribution in [0.2, 0.25) is 0 Å². The van der Waals surface area contributed by atoms with E-state index in [4.69, 9.17) is 4.74 Å². The summed E-state index contributed by atoms with van der Waals surface area (Å²) < 4.78 is 6.79. The number of ketones is 1. The molecule has 4 heteroatoms. The van der Waals surface area contributed by atoms with Crippen molar-refractivity contribution in [3.05, 3.63) is 29.6 Å². The minimum Gasteiger partial charge on any atom is -0.463 e. The number of nitrogens with zero attached hydrogens (tertiary/aromatic N) is 1. The Balaban J connectivity index is 2.29. The molecule has 1 aliphatic rings. The number of hydrogen-bond acceptors (Lipinski definition) is 3. The Morgan fingerprint density at radius 3 is 3.00 bits per heavy atom. The van der Waals surface area contributed by atoms with E-state index >= 15 is 0 Å². The zero-order valence-corrected chi connectivity index (χ0v) is 10.7. The largest absolute Gasteiger partial charge is 0.463 e. The maximum absolute atomic E-state index is 11.7. The van der Waals surface area contributed by atoms with E-state index in [-0.39, 0.29) is 11.8 Å². The lowest BCUT2D eigenvalue weighted by Crippen LogP contribution is -2.12. The van der Waals surface area contributed by atoms with E-state index in [1.54, 1.807) is 6.92 Å². The summed E-state index contributed by atoms with van der Waals surface area (Å²) in [6.45, 7) is 3.98. The molecule has 0 aliphatic heterocycles. The fourth-order valence-electron chi connectivity index (χ4n) is 2.28. The van der Waals surface area contributed by atoms with Gasteiger partial charge in [0, 0.05) is 35.6 Å². The highest BCUT2D eigenvalue weighted by Gasteiger charge is 2.21. The molecule has 0 N–H and O–H groups in total. The lowest BCUT2D eigenvalue weighted by atomic mass is 9.97. The predicted octanol–water partition coefficient (Wildman–Crippen LogP) is 2.43. The number of carbonyl (C=O) groups is 2.